The van der Waals surface area contributed by atoms with Crippen LogP contribution in [0.1, 0.15) is 30.5 Å². The summed E-state index contributed by atoms with van der Waals surface area (Å²) in [6.45, 7) is 3.09. The second-order valence-corrected chi connectivity index (χ2v) is 6.20. The predicted molar refractivity (Wildman–Crippen MR) is 99.9 cm³/mol. The smallest absolute Gasteiger partial charge is 0.238 e. The Balaban J connectivity index is 1.51. The first-order chi connectivity index (χ1) is 12.7. The minimum atomic E-state index is -0.270. The molecule has 0 aromatic heterocycles. The standard InChI is InChI=1S/C20H25N3O3/c1-3-26-16-9-7-14(8-10-16)13-21-20(24)19-12-18(22-23-19)15-5-4-6-17(11-15)25-2/h4-11,18-19,22-23H,3,12-13H2,1-2H3,(H,21,24). The van der Waals surface area contributed by atoms with Crippen molar-refractivity contribution in [1.29, 1.82) is 0 Å². The van der Waals surface area contributed by atoms with Crippen molar-refractivity contribution in [2.45, 2.75) is 32.0 Å². The second-order valence-electron chi connectivity index (χ2n) is 6.20. The molecule has 1 fully saturated rings. The summed E-state index contributed by atoms with van der Waals surface area (Å²) in [6, 6.07) is 15.4. The quantitative estimate of drug-likeness (QED) is 0.711. The Morgan fingerprint density at radius 1 is 1.15 bits per heavy atom. The molecule has 1 amide bonds. The van der Waals surface area contributed by atoms with Crippen molar-refractivity contribution in [3.63, 3.8) is 0 Å². The number of rotatable bonds is 7. The van der Waals surface area contributed by atoms with Gasteiger partial charge < -0.3 is 14.8 Å². The third-order valence-electron chi connectivity index (χ3n) is 4.42. The number of hydrogen-bond donors (Lipinski definition) is 3. The van der Waals surface area contributed by atoms with Gasteiger partial charge in [0, 0.05) is 12.6 Å². The second kappa shape index (κ2) is 8.69. The number of benzene rings is 2. The molecule has 6 nitrogen and oxygen atoms in total. The van der Waals surface area contributed by atoms with Gasteiger partial charge in [-0.3, -0.25) is 4.79 Å². The van der Waals surface area contributed by atoms with E-state index in [1.165, 1.54) is 0 Å². The third kappa shape index (κ3) is 4.53. The topological polar surface area (TPSA) is 71.6 Å². The Morgan fingerprint density at radius 2 is 1.96 bits per heavy atom. The highest BCUT2D eigenvalue weighted by Gasteiger charge is 2.30. The van der Waals surface area contributed by atoms with E-state index in [4.69, 9.17) is 9.47 Å². The SMILES string of the molecule is CCOc1ccc(CNC(=O)C2CC(c3cccc(OC)c3)NN2)cc1. The van der Waals surface area contributed by atoms with Gasteiger partial charge in [-0.15, -0.1) is 0 Å². The van der Waals surface area contributed by atoms with E-state index in [0.29, 0.717) is 19.6 Å². The largest absolute Gasteiger partial charge is 0.497 e. The van der Waals surface area contributed by atoms with Gasteiger partial charge in [-0.25, -0.2) is 10.9 Å². The Kier molecular flexibility index (Phi) is 6.09. The lowest BCUT2D eigenvalue weighted by molar-refractivity contribution is -0.123. The molecule has 1 aliphatic rings. The van der Waals surface area contributed by atoms with Crippen molar-refractivity contribution in [1.82, 2.24) is 16.2 Å². The summed E-state index contributed by atoms with van der Waals surface area (Å²) in [5.74, 6) is 1.63. The summed E-state index contributed by atoms with van der Waals surface area (Å²) in [5, 5.41) is 2.98. The molecule has 26 heavy (non-hydrogen) atoms. The van der Waals surface area contributed by atoms with E-state index in [2.05, 4.69) is 16.2 Å². The number of hydrazine groups is 1. The summed E-state index contributed by atoms with van der Waals surface area (Å²) in [4.78, 5) is 12.4. The number of carbonyl (C=O) groups excluding carboxylic acids is 1. The maximum absolute atomic E-state index is 12.4. The highest BCUT2D eigenvalue weighted by atomic mass is 16.5. The van der Waals surface area contributed by atoms with Crippen molar-refractivity contribution in [2.24, 2.45) is 0 Å². The number of nitrogens with one attached hydrogen (secondary N) is 3. The number of ether oxygens (including phenoxy) is 2. The number of amides is 1. The summed E-state index contributed by atoms with van der Waals surface area (Å²) in [7, 11) is 1.65. The van der Waals surface area contributed by atoms with Crippen molar-refractivity contribution in [2.75, 3.05) is 13.7 Å². The maximum atomic E-state index is 12.4. The van der Waals surface area contributed by atoms with Gasteiger partial charge in [0.1, 0.15) is 17.5 Å². The lowest BCUT2D eigenvalue weighted by atomic mass is 10.0. The molecule has 2 unspecified atom stereocenters. The fraction of sp³-hybridized carbons (Fsp3) is 0.350. The highest BCUT2D eigenvalue weighted by molar-refractivity contribution is 5.82. The molecular weight excluding hydrogens is 330 g/mol. The first-order valence-electron chi connectivity index (χ1n) is 8.84. The molecule has 2 atom stereocenters. The van der Waals surface area contributed by atoms with E-state index in [-0.39, 0.29) is 18.0 Å². The van der Waals surface area contributed by atoms with E-state index >= 15 is 0 Å². The summed E-state index contributed by atoms with van der Waals surface area (Å²) >= 11 is 0. The molecule has 2 aromatic rings. The average molecular weight is 355 g/mol. The van der Waals surface area contributed by atoms with Gasteiger partial charge in [0.15, 0.2) is 0 Å². The van der Waals surface area contributed by atoms with Crippen LogP contribution in [0.2, 0.25) is 0 Å². The van der Waals surface area contributed by atoms with Crippen LogP contribution in [0.4, 0.5) is 0 Å². The van der Waals surface area contributed by atoms with Gasteiger partial charge in [-0.05, 0) is 48.7 Å². The minimum absolute atomic E-state index is 0.0169. The summed E-state index contributed by atoms with van der Waals surface area (Å²) in [5.41, 5.74) is 8.41. The monoisotopic (exact) mass is 355 g/mol. The van der Waals surface area contributed by atoms with Crippen molar-refractivity contribution < 1.29 is 14.3 Å². The van der Waals surface area contributed by atoms with E-state index in [1.54, 1.807) is 7.11 Å². The van der Waals surface area contributed by atoms with E-state index < -0.39 is 0 Å². The van der Waals surface area contributed by atoms with Crippen LogP contribution < -0.4 is 25.6 Å². The van der Waals surface area contributed by atoms with Gasteiger partial charge in [-0.2, -0.15) is 0 Å². The Bertz CT molecular complexity index is 733. The van der Waals surface area contributed by atoms with Gasteiger partial charge >= 0.3 is 0 Å². The van der Waals surface area contributed by atoms with Gasteiger partial charge in [-0.1, -0.05) is 24.3 Å². The van der Waals surface area contributed by atoms with Crippen LogP contribution in [0, 0.1) is 0 Å². The zero-order chi connectivity index (χ0) is 18.4. The van der Waals surface area contributed by atoms with E-state index in [9.17, 15) is 4.79 Å². The molecule has 1 aliphatic heterocycles. The highest BCUT2D eigenvalue weighted by Crippen LogP contribution is 2.25. The Morgan fingerprint density at radius 3 is 2.69 bits per heavy atom. The Hall–Kier alpha value is -2.57. The van der Waals surface area contributed by atoms with Crippen molar-refractivity contribution >= 4 is 5.91 Å². The fourth-order valence-corrected chi connectivity index (χ4v) is 2.99. The van der Waals surface area contributed by atoms with E-state index in [1.807, 2.05) is 55.5 Å². The zero-order valence-electron chi connectivity index (χ0n) is 15.1. The zero-order valence-corrected chi connectivity index (χ0v) is 15.1. The lowest BCUT2D eigenvalue weighted by Gasteiger charge is -2.12. The van der Waals surface area contributed by atoms with Gasteiger partial charge in [0.05, 0.1) is 13.7 Å². The van der Waals surface area contributed by atoms with E-state index in [0.717, 1.165) is 22.6 Å². The average Bonchev–Trinajstić information content (AvgIpc) is 3.18. The van der Waals surface area contributed by atoms with Crippen LogP contribution in [-0.2, 0) is 11.3 Å². The molecule has 0 radical (unpaired) electrons. The first kappa shape index (κ1) is 18.2. The van der Waals surface area contributed by atoms with Crippen LogP contribution >= 0.6 is 0 Å². The summed E-state index contributed by atoms with van der Waals surface area (Å²) < 4.78 is 10.7. The molecule has 138 valence electrons. The Labute approximate surface area is 153 Å². The predicted octanol–water partition coefficient (Wildman–Crippen LogP) is 2.32. The molecule has 0 saturated carbocycles. The van der Waals surface area contributed by atoms with Crippen LogP contribution in [0.25, 0.3) is 0 Å². The molecular formula is C20H25N3O3. The molecule has 1 saturated heterocycles. The molecule has 6 heteroatoms. The van der Waals surface area contributed by atoms with Crippen LogP contribution in [0.15, 0.2) is 48.5 Å². The van der Waals surface area contributed by atoms with Crippen LogP contribution in [0.3, 0.4) is 0 Å². The number of carbonyl (C=O) groups is 1. The normalized spacial score (nSPS) is 19.2. The molecule has 0 spiro atoms. The molecule has 3 N–H and O–H groups in total. The molecule has 3 rings (SSSR count). The minimum Gasteiger partial charge on any atom is -0.497 e. The maximum Gasteiger partial charge on any atom is 0.238 e. The third-order valence-corrected chi connectivity index (χ3v) is 4.42. The molecule has 0 aliphatic carbocycles. The molecule has 2 aromatic carbocycles. The number of methoxy groups -OCH3 is 1. The first-order valence-corrected chi connectivity index (χ1v) is 8.84. The fourth-order valence-electron chi connectivity index (χ4n) is 2.99. The van der Waals surface area contributed by atoms with Gasteiger partial charge in [0.2, 0.25) is 5.91 Å². The molecule has 1 heterocycles. The van der Waals surface area contributed by atoms with Crippen LogP contribution in [-0.4, -0.2) is 25.7 Å². The van der Waals surface area contributed by atoms with Gasteiger partial charge in [0.25, 0.3) is 0 Å². The van der Waals surface area contributed by atoms with Crippen molar-refractivity contribution in [3.05, 3.63) is 59.7 Å². The molecule has 0 bridgehead atoms. The number of hydrogen-bond acceptors (Lipinski definition) is 5. The van der Waals surface area contributed by atoms with Crippen LogP contribution in [0.5, 0.6) is 11.5 Å². The van der Waals surface area contributed by atoms with Crippen molar-refractivity contribution in [3.8, 4) is 11.5 Å². The summed E-state index contributed by atoms with van der Waals surface area (Å²) in [6.07, 6.45) is 0.683. The lowest BCUT2D eigenvalue weighted by Crippen LogP contribution is -2.42.